The average Bonchev–Trinajstić information content (AvgIpc) is 2.18. The van der Waals surface area contributed by atoms with Crippen LogP contribution < -0.4 is 9.47 Å². The first-order chi connectivity index (χ1) is 7.17. The third-order valence-electron chi connectivity index (χ3n) is 1.59. The number of alkyl halides is 1. The number of aldehydes is 1. The molecular weight excluding hydrogens is 264 g/mol. The van der Waals surface area contributed by atoms with Crippen molar-refractivity contribution < 1.29 is 19.1 Å². The Hall–Kier alpha value is -1.36. The van der Waals surface area contributed by atoms with Gasteiger partial charge in [-0.1, -0.05) is 0 Å². The summed E-state index contributed by atoms with van der Waals surface area (Å²) in [6.07, 6.45) is 0.621. The fraction of sp³-hybridized carbons (Fsp3) is 0.200. The van der Waals surface area contributed by atoms with Crippen molar-refractivity contribution in [2.45, 2.75) is 6.92 Å². The Labute approximate surface area is 95.3 Å². The fourth-order valence-electron chi connectivity index (χ4n) is 1.01. The third-order valence-corrected chi connectivity index (χ3v) is 1.82. The van der Waals surface area contributed by atoms with Gasteiger partial charge in [-0.05, 0) is 28.1 Å². The summed E-state index contributed by atoms with van der Waals surface area (Å²) in [6.45, 7) is 1.27. The lowest BCUT2D eigenvalue weighted by molar-refractivity contribution is -0.131. The second-order valence-corrected chi connectivity index (χ2v) is 3.12. The summed E-state index contributed by atoms with van der Waals surface area (Å²) >= 11 is 3.10. The zero-order chi connectivity index (χ0) is 11.3. The molecule has 0 amide bonds. The lowest BCUT2D eigenvalue weighted by Gasteiger charge is -2.07. The quantitative estimate of drug-likeness (QED) is 0.365. The zero-order valence-electron chi connectivity index (χ0n) is 8.03. The van der Waals surface area contributed by atoms with Crippen LogP contribution in [-0.4, -0.2) is 17.8 Å². The highest BCUT2D eigenvalue weighted by Gasteiger charge is 2.07. The summed E-state index contributed by atoms with van der Waals surface area (Å²) in [7, 11) is 0. The number of benzene rings is 1. The molecule has 0 aromatic heterocycles. The van der Waals surface area contributed by atoms with Gasteiger partial charge in [0.05, 0.1) is 5.56 Å². The minimum absolute atomic E-state index is 0.205. The smallest absolute Gasteiger partial charge is 0.308 e. The molecule has 1 aromatic rings. The van der Waals surface area contributed by atoms with E-state index >= 15 is 0 Å². The monoisotopic (exact) mass is 272 g/mol. The summed E-state index contributed by atoms with van der Waals surface area (Å²) in [6, 6.07) is 4.65. The number of esters is 1. The lowest BCUT2D eigenvalue weighted by Crippen LogP contribution is -2.04. The van der Waals surface area contributed by atoms with E-state index in [1.807, 2.05) is 0 Å². The predicted octanol–water partition coefficient (Wildman–Crippen LogP) is 2.16. The topological polar surface area (TPSA) is 52.6 Å². The molecule has 0 saturated carbocycles. The van der Waals surface area contributed by atoms with Crippen molar-refractivity contribution in [1.29, 1.82) is 0 Å². The van der Waals surface area contributed by atoms with Crippen LogP contribution in [0, 0.1) is 0 Å². The zero-order valence-corrected chi connectivity index (χ0v) is 9.61. The van der Waals surface area contributed by atoms with Gasteiger partial charge in [0, 0.05) is 13.0 Å². The highest BCUT2D eigenvalue weighted by atomic mass is 79.9. The first-order valence-electron chi connectivity index (χ1n) is 4.13. The van der Waals surface area contributed by atoms with Crippen LogP contribution in [0.3, 0.4) is 0 Å². The van der Waals surface area contributed by atoms with Crippen LogP contribution in [0.5, 0.6) is 11.5 Å². The van der Waals surface area contributed by atoms with Crippen molar-refractivity contribution in [1.82, 2.24) is 0 Å². The second-order valence-electron chi connectivity index (χ2n) is 2.66. The summed E-state index contributed by atoms with van der Waals surface area (Å²) in [5.41, 5.74) is 0.638. The SMILES string of the molecule is CC(=O)Oc1cc(OCBr)ccc1C=O. The number of hydrogen-bond acceptors (Lipinski definition) is 4. The van der Waals surface area contributed by atoms with Crippen LogP contribution >= 0.6 is 15.9 Å². The van der Waals surface area contributed by atoms with E-state index in [0.717, 1.165) is 0 Å². The third kappa shape index (κ3) is 3.36. The van der Waals surface area contributed by atoms with Crippen LogP contribution in [0.1, 0.15) is 17.3 Å². The predicted molar refractivity (Wildman–Crippen MR) is 57.6 cm³/mol. The molecule has 0 aliphatic rings. The molecule has 1 rings (SSSR count). The van der Waals surface area contributed by atoms with Gasteiger partial charge in [-0.25, -0.2) is 0 Å². The Kier molecular flexibility index (Phi) is 4.30. The average molecular weight is 273 g/mol. The maximum atomic E-state index is 10.8. The highest BCUT2D eigenvalue weighted by molar-refractivity contribution is 9.09. The number of carbonyl (C=O) groups is 2. The van der Waals surface area contributed by atoms with Crippen molar-refractivity contribution in [2.24, 2.45) is 0 Å². The van der Waals surface area contributed by atoms with Crippen molar-refractivity contribution in [3.05, 3.63) is 23.8 Å². The van der Waals surface area contributed by atoms with Gasteiger partial charge in [0.2, 0.25) is 0 Å². The molecule has 0 N–H and O–H groups in total. The molecule has 0 bridgehead atoms. The summed E-state index contributed by atoms with van der Waals surface area (Å²) in [5.74, 6) is 0.249. The largest absolute Gasteiger partial charge is 0.482 e. The van der Waals surface area contributed by atoms with E-state index in [1.165, 1.54) is 19.1 Å². The van der Waals surface area contributed by atoms with Gasteiger partial charge in [0.1, 0.15) is 17.0 Å². The Bertz CT molecular complexity index is 376. The molecular formula is C10H9BrO4. The molecule has 15 heavy (non-hydrogen) atoms. The summed E-state index contributed by atoms with van der Waals surface area (Å²) < 4.78 is 9.99. The molecule has 4 nitrogen and oxygen atoms in total. The van der Waals surface area contributed by atoms with E-state index in [0.29, 0.717) is 23.1 Å². The van der Waals surface area contributed by atoms with E-state index in [2.05, 4.69) is 15.9 Å². The van der Waals surface area contributed by atoms with Gasteiger partial charge in [-0.3, -0.25) is 9.59 Å². The first-order valence-corrected chi connectivity index (χ1v) is 5.26. The summed E-state index contributed by atoms with van der Waals surface area (Å²) in [4.78, 5) is 21.4. The van der Waals surface area contributed by atoms with Crippen molar-refractivity contribution in [3.63, 3.8) is 0 Å². The fourth-order valence-corrected chi connectivity index (χ4v) is 1.27. The van der Waals surface area contributed by atoms with Crippen molar-refractivity contribution in [3.8, 4) is 11.5 Å². The number of rotatable bonds is 4. The second kappa shape index (κ2) is 5.50. The molecule has 0 heterocycles. The molecule has 5 heteroatoms. The normalized spacial score (nSPS) is 9.47. The first kappa shape index (κ1) is 11.7. The van der Waals surface area contributed by atoms with Gasteiger partial charge in [-0.15, -0.1) is 0 Å². The Balaban J connectivity index is 3.01. The minimum Gasteiger partial charge on any atom is -0.482 e. The van der Waals surface area contributed by atoms with Crippen molar-refractivity contribution >= 4 is 28.2 Å². The van der Waals surface area contributed by atoms with E-state index in [1.54, 1.807) is 6.07 Å². The number of halogens is 1. The minimum atomic E-state index is -0.478. The van der Waals surface area contributed by atoms with Gasteiger partial charge >= 0.3 is 5.97 Å². The van der Waals surface area contributed by atoms with Crippen LogP contribution in [0.25, 0.3) is 0 Å². The lowest BCUT2D eigenvalue weighted by atomic mass is 10.2. The van der Waals surface area contributed by atoms with Crippen LogP contribution in [-0.2, 0) is 4.79 Å². The van der Waals surface area contributed by atoms with Crippen LogP contribution in [0.4, 0.5) is 0 Å². The van der Waals surface area contributed by atoms with E-state index in [9.17, 15) is 9.59 Å². The molecule has 0 spiro atoms. The Morgan fingerprint density at radius 2 is 2.27 bits per heavy atom. The maximum absolute atomic E-state index is 10.8. The number of ether oxygens (including phenoxy) is 2. The van der Waals surface area contributed by atoms with Gasteiger partial charge in [0.25, 0.3) is 0 Å². The molecule has 0 atom stereocenters. The Morgan fingerprint density at radius 3 is 2.80 bits per heavy atom. The standard InChI is InChI=1S/C10H9BrO4/c1-7(13)15-10-4-9(14-6-11)3-2-8(10)5-12/h2-5H,6H2,1H3. The van der Waals surface area contributed by atoms with E-state index < -0.39 is 5.97 Å². The maximum Gasteiger partial charge on any atom is 0.308 e. The number of carbonyl (C=O) groups excluding carboxylic acids is 2. The Morgan fingerprint density at radius 1 is 1.53 bits per heavy atom. The van der Waals surface area contributed by atoms with E-state index in [-0.39, 0.29) is 5.75 Å². The van der Waals surface area contributed by atoms with Crippen LogP contribution in [0.15, 0.2) is 18.2 Å². The molecule has 0 radical (unpaired) electrons. The highest BCUT2D eigenvalue weighted by Crippen LogP contribution is 2.24. The molecule has 0 aliphatic carbocycles. The molecule has 1 aromatic carbocycles. The van der Waals surface area contributed by atoms with Crippen molar-refractivity contribution in [2.75, 3.05) is 5.52 Å². The number of hydrogen-bond donors (Lipinski definition) is 0. The van der Waals surface area contributed by atoms with Gasteiger partial charge in [-0.2, -0.15) is 0 Å². The molecule has 80 valence electrons. The summed E-state index contributed by atoms with van der Waals surface area (Å²) in [5, 5.41) is 0. The molecule has 0 aliphatic heterocycles. The van der Waals surface area contributed by atoms with E-state index in [4.69, 9.17) is 9.47 Å². The molecule has 0 saturated heterocycles. The van der Waals surface area contributed by atoms with Crippen LogP contribution in [0.2, 0.25) is 0 Å². The molecule has 0 fully saturated rings. The molecule has 0 unspecified atom stereocenters. The van der Waals surface area contributed by atoms with Gasteiger partial charge < -0.3 is 9.47 Å². The van der Waals surface area contributed by atoms with Gasteiger partial charge in [0.15, 0.2) is 6.29 Å².